The Kier molecular flexibility index (Phi) is 5.03. The maximum atomic E-state index is 12.4. The summed E-state index contributed by atoms with van der Waals surface area (Å²) < 4.78 is 0. The molecule has 3 aromatic heterocycles. The van der Waals surface area contributed by atoms with E-state index in [1.807, 2.05) is 23.6 Å². The average Bonchev–Trinajstić information content (AvgIpc) is 3.35. The van der Waals surface area contributed by atoms with Crippen LogP contribution in [0.3, 0.4) is 0 Å². The van der Waals surface area contributed by atoms with Crippen molar-refractivity contribution in [3.63, 3.8) is 0 Å². The second-order valence-electron chi connectivity index (χ2n) is 5.79. The number of carbonyl (C=O) groups is 2. The number of nitrogens with one attached hydrogen (secondary N) is 1. The van der Waals surface area contributed by atoms with Crippen molar-refractivity contribution >= 4 is 45.7 Å². The molecule has 9 heteroatoms. The van der Waals surface area contributed by atoms with Crippen molar-refractivity contribution in [2.45, 2.75) is 13.0 Å². The minimum Gasteiger partial charge on any atom is -0.334 e. The maximum Gasteiger partial charge on any atom is 0.277 e. The van der Waals surface area contributed by atoms with Crippen LogP contribution < -0.4 is 5.32 Å². The number of amides is 2. The molecule has 1 aliphatic rings. The van der Waals surface area contributed by atoms with Crippen molar-refractivity contribution in [1.82, 2.24) is 19.9 Å². The van der Waals surface area contributed by atoms with Gasteiger partial charge in [-0.25, -0.2) is 9.97 Å². The van der Waals surface area contributed by atoms with Crippen molar-refractivity contribution in [3.8, 4) is 0 Å². The number of thiazole rings is 1. The molecule has 0 spiro atoms. The monoisotopic (exact) mass is 397 g/mol. The predicted molar refractivity (Wildman–Crippen MR) is 105 cm³/mol. The van der Waals surface area contributed by atoms with Crippen LogP contribution in [-0.4, -0.2) is 38.2 Å². The van der Waals surface area contributed by atoms with Crippen LogP contribution in [0.2, 0.25) is 0 Å². The van der Waals surface area contributed by atoms with E-state index in [9.17, 15) is 9.59 Å². The molecule has 136 valence electrons. The van der Waals surface area contributed by atoms with Crippen LogP contribution in [0.5, 0.6) is 0 Å². The third-order valence-electron chi connectivity index (χ3n) is 3.99. The molecule has 1 N–H and O–H groups in total. The van der Waals surface area contributed by atoms with Gasteiger partial charge in [0.15, 0.2) is 5.13 Å². The van der Waals surface area contributed by atoms with E-state index in [1.54, 1.807) is 22.3 Å². The second-order valence-corrected chi connectivity index (χ2v) is 7.86. The van der Waals surface area contributed by atoms with Crippen LogP contribution in [0.4, 0.5) is 5.13 Å². The lowest BCUT2D eigenvalue weighted by molar-refractivity contribution is -0.126. The van der Waals surface area contributed by atoms with Crippen LogP contribution in [-0.2, 0) is 17.8 Å². The third kappa shape index (κ3) is 4.09. The van der Waals surface area contributed by atoms with Crippen molar-refractivity contribution in [3.05, 3.63) is 63.3 Å². The second kappa shape index (κ2) is 7.77. The molecule has 0 saturated heterocycles. The molecule has 0 atom stereocenters. The Balaban J connectivity index is 1.41. The summed E-state index contributed by atoms with van der Waals surface area (Å²) >= 11 is 2.98. The number of hydrogen-bond donors (Lipinski definition) is 1. The van der Waals surface area contributed by atoms with E-state index < -0.39 is 0 Å². The van der Waals surface area contributed by atoms with Gasteiger partial charge < -0.3 is 4.90 Å². The first-order valence-corrected chi connectivity index (χ1v) is 9.95. The first-order valence-electron chi connectivity index (χ1n) is 8.25. The quantitative estimate of drug-likeness (QED) is 0.684. The Hall–Kier alpha value is -2.91. The summed E-state index contributed by atoms with van der Waals surface area (Å²) in [7, 11) is 0. The lowest BCUT2D eigenvalue weighted by atomic mass is 10.2. The summed E-state index contributed by atoms with van der Waals surface area (Å²) in [6, 6.07) is 3.92. The average molecular weight is 397 g/mol. The van der Waals surface area contributed by atoms with E-state index in [4.69, 9.17) is 0 Å². The fourth-order valence-corrected chi connectivity index (χ4v) is 4.30. The van der Waals surface area contributed by atoms with E-state index >= 15 is 0 Å². The van der Waals surface area contributed by atoms with E-state index in [1.165, 1.54) is 29.9 Å². The molecule has 0 unspecified atom stereocenters. The summed E-state index contributed by atoms with van der Waals surface area (Å²) in [6.45, 7) is 1.11. The Morgan fingerprint density at radius 1 is 1.30 bits per heavy atom. The molecule has 4 heterocycles. The molecule has 4 rings (SSSR count). The van der Waals surface area contributed by atoms with Gasteiger partial charge in [0.2, 0.25) is 5.91 Å². The van der Waals surface area contributed by atoms with Crippen LogP contribution in [0.25, 0.3) is 6.08 Å². The molecule has 0 fully saturated rings. The number of anilines is 1. The normalized spacial score (nSPS) is 13.6. The number of aromatic nitrogens is 3. The summed E-state index contributed by atoms with van der Waals surface area (Å²) in [6.07, 6.45) is 8.50. The smallest absolute Gasteiger partial charge is 0.277 e. The Morgan fingerprint density at radius 2 is 2.22 bits per heavy atom. The summed E-state index contributed by atoms with van der Waals surface area (Å²) in [5.41, 5.74) is 1.17. The zero-order chi connectivity index (χ0) is 18.6. The van der Waals surface area contributed by atoms with Crippen molar-refractivity contribution in [2.75, 3.05) is 11.9 Å². The maximum absolute atomic E-state index is 12.4. The van der Waals surface area contributed by atoms with Gasteiger partial charge in [0.1, 0.15) is 5.69 Å². The summed E-state index contributed by atoms with van der Waals surface area (Å²) in [5.74, 6) is -0.367. The van der Waals surface area contributed by atoms with E-state index in [-0.39, 0.29) is 17.5 Å². The van der Waals surface area contributed by atoms with E-state index in [0.29, 0.717) is 24.6 Å². The van der Waals surface area contributed by atoms with Crippen LogP contribution >= 0.6 is 22.7 Å². The number of rotatable bonds is 4. The highest BCUT2D eigenvalue weighted by Crippen LogP contribution is 2.28. The van der Waals surface area contributed by atoms with Crippen molar-refractivity contribution < 1.29 is 9.59 Å². The van der Waals surface area contributed by atoms with Gasteiger partial charge in [-0.05, 0) is 17.5 Å². The standard InChI is InChI=1S/C18H15N5O2S2/c24-16(4-3-12-2-1-9-26-12)23-8-5-13-15(11-23)27-18(21-13)22-17(25)14-10-19-6-7-20-14/h1-4,6-7,9-10H,5,8,11H2,(H,21,22,25)/b4-3+. The van der Waals surface area contributed by atoms with Gasteiger partial charge in [0.25, 0.3) is 5.91 Å². The summed E-state index contributed by atoms with van der Waals surface area (Å²) in [4.78, 5) is 40.8. The number of nitrogens with zero attached hydrogens (tertiary/aromatic N) is 4. The predicted octanol–water partition coefficient (Wildman–Crippen LogP) is 2.85. The highest BCUT2D eigenvalue weighted by atomic mass is 32.1. The lowest BCUT2D eigenvalue weighted by Crippen LogP contribution is -2.34. The van der Waals surface area contributed by atoms with Crippen LogP contribution in [0.1, 0.15) is 25.9 Å². The molecule has 0 radical (unpaired) electrons. The van der Waals surface area contributed by atoms with Crippen molar-refractivity contribution in [2.24, 2.45) is 0 Å². The largest absolute Gasteiger partial charge is 0.334 e. The topological polar surface area (TPSA) is 88.1 Å². The number of carbonyl (C=O) groups excluding carboxylic acids is 2. The Bertz CT molecular complexity index is 983. The van der Waals surface area contributed by atoms with Gasteiger partial charge in [-0.1, -0.05) is 17.4 Å². The molecular formula is C18H15N5O2S2. The van der Waals surface area contributed by atoms with Gasteiger partial charge >= 0.3 is 0 Å². The molecule has 0 bridgehead atoms. The molecule has 27 heavy (non-hydrogen) atoms. The summed E-state index contributed by atoms with van der Waals surface area (Å²) in [5, 5.41) is 5.24. The number of thiophene rings is 1. The molecule has 7 nitrogen and oxygen atoms in total. The van der Waals surface area contributed by atoms with Gasteiger partial charge in [0.05, 0.1) is 18.4 Å². The molecule has 0 aliphatic carbocycles. The van der Waals surface area contributed by atoms with E-state index in [2.05, 4.69) is 20.3 Å². The fraction of sp³-hybridized carbons (Fsp3) is 0.167. The molecule has 3 aromatic rings. The first-order chi connectivity index (χ1) is 13.2. The zero-order valence-corrected chi connectivity index (χ0v) is 15.8. The fourth-order valence-electron chi connectivity index (χ4n) is 2.66. The molecule has 2 amide bonds. The number of fused-ring (bicyclic) bond motifs is 1. The lowest BCUT2D eigenvalue weighted by Gasteiger charge is -2.24. The molecular weight excluding hydrogens is 382 g/mol. The van der Waals surface area contributed by atoms with Gasteiger partial charge in [0, 0.05) is 41.2 Å². The number of hydrogen-bond acceptors (Lipinski definition) is 7. The first kappa shape index (κ1) is 17.5. The van der Waals surface area contributed by atoms with Gasteiger partial charge in [-0.15, -0.1) is 11.3 Å². The zero-order valence-electron chi connectivity index (χ0n) is 14.2. The third-order valence-corrected chi connectivity index (χ3v) is 5.83. The van der Waals surface area contributed by atoms with Crippen LogP contribution in [0, 0.1) is 0 Å². The molecule has 0 aromatic carbocycles. The minimum atomic E-state index is -0.346. The Morgan fingerprint density at radius 3 is 3.00 bits per heavy atom. The van der Waals surface area contributed by atoms with Crippen LogP contribution in [0.15, 0.2) is 42.2 Å². The van der Waals surface area contributed by atoms with Crippen molar-refractivity contribution in [1.29, 1.82) is 0 Å². The minimum absolute atomic E-state index is 0.0207. The molecule has 0 saturated carbocycles. The SMILES string of the molecule is O=C(Nc1nc2c(s1)CN(C(=O)/C=C/c1cccs1)CC2)c1cnccn1. The molecule has 1 aliphatic heterocycles. The Labute approximate surface area is 163 Å². The highest BCUT2D eigenvalue weighted by Gasteiger charge is 2.23. The van der Waals surface area contributed by atoms with Gasteiger partial charge in [-0.2, -0.15) is 0 Å². The van der Waals surface area contributed by atoms with E-state index in [0.717, 1.165) is 15.4 Å². The van der Waals surface area contributed by atoms with Gasteiger partial charge in [-0.3, -0.25) is 19.9 Å². The highest BCUT2D eigenvalue weighted by molar-refractivity contribution is 7.15.